The first-order chi connectivity index (χ1) is 11.7. The molecule has 24 heavy (non-hydrogen) atoms. The summed E-state index contributed by atoms with van der Waals surface area (Å²) in [6.07, 6.45) is 1.91. The lowest BCUT2D eigenvalue weighted by Gasteiger charge is -2.32. The molecule has 2 fully saturated rings. The van der Waals surface area contributed by atoms with Crippen LogP contribution in [0.15, 0.2) is 24.3 Å². The van der Waals surface area contributed by atoms with E-state index in [0.717, 1.165) is 37.2 Å². The summed E-state index contributed by atoms with van der Waals surface area (Å²) in [6.45, 7) is 2.44. The van der Waals surface area contributed by atoms with E-state index in [1.165, 1.54) is 21.5 Å². The Labute approximate surface area is 149 Å². The molecule has 2 aliphatic rings. The summed E-state index contributed by atoms with van der Waals surface area (Å²) in [5.74, 6) is 1.32. The van der Waals surface area contributed by atoms with Gasteiger partial charge in [0.15, 0.2) is 0 Å². The van der Waals surface area contributed by atoms with Crippen LogP contribution in [0.5, 0.6) is 0 Å². The molecule has 0 unspecified atom stereocenters. The molecular formula is C17H19N3O2S2. The standard InChI is InChI=1S/C17H19N3O2S2/c21-15(11-20-9-10-23-17(20)22)19-7-5-12(6-8-19)16-18-13-3-1-2-4-14(13)24-16/h1-4,12H,5-11H2. The summed E-state index contributed by atoms with van der Waals surface area (Å²) in [4.78, 5) is 32.3. The van der Waals surface area contributed by atoms with Gasteiger partial charge in [0.25, 0.3) is 5.24 Å². The quantitative estimate of drug-likeness (QED) is 0.843. The zero-order chi connectivity index (χ0) is 16.5. The molecule has 1 aromatic carbocycles. The minimum atomic E-state index is 0.0349. The minimum absolute atomic E-state index is 0.0349. The highest BCUT2D eigenvalue weighted by atomic mass is 32.2. The van der Waals surface area contributed by atoms with Gasteiger partial charge in [-0.2, -0.15) is 0 Å². The molecule has 2 aliphatic heterocycles. The van der Waals surface area contributed by atoms with Crippen LogP contribution in [-0.2, 0) is 4.79 Å². The Morgan fingerprint density at radius 3 is 2.71 bits per heavy atom. The lowest BCUT2D eigenvalue weighted by molar-refractivity contribution is -0.132. The van der Waals surface area contributed by atoms with Gasteiger partial charge in [0.05, 0.1) is 15.2 Å². The number of fused-ring (bicyclic) bond motifs is 1. The maximum atomic E-state index is 12.4. The second kappa shape index (κ2) is 6.72. The van der Waals surface area contributed by atoms with Gasteiger partial charge >= 0.3 is 0 Å². The van der Waals surface area contributed by atoms with Crippen LogP contribution < -0.4 is 0 Å². The van der Waals surface area contributed by atoms with Crippen molar-refractivity contribution in [3.63, 3.8) is 0 Å². The number of likely N-dealkylation sites (tertiary alicyclic amines) is 1. The van der Waals surface area contributed by atoms with Gasteiger partial charge in [-0.05, 0) is 25.0 Å². The summed E-state index contributed by atoms with van der Waals surface area (Å²) < 4.78 is 1.23. The molecule has 0 N–H and O–H groups in total. The predicted octanol–water partition coefficient (Wildman–Crippen LogP) is 3.17. The van der Waals surface area contributed by atoms with Gasteiger partial charge < -0.3 is 9.80 Å². The minimum Gasteiger partial charge on any atom is -0.341 e. The Kier molecular flexibility index (Phi) is 4.45. The van der Waals surface area contributed by atoms with Crippen LogP contribution in [0.2, 0.25) is 0 Å². The van der Waals surface area contributed by atoms with E-state index in [-0.39, 0.29) is 17.7 Å². The molecule has 0 saturated carbocycles. The van der Waals surface area contributed by atoms with Gasteiger partial charge in [0, 0.05) is 31.3 Å². The van der Waals surface area contributed by atoms with Crippen molar-refractivity contribution in [2.24, 2.45) is 0 Å². The van der Waals surface area contributed by atoms with Crippen molar-refractivity contribution in [2.45, 2.75) is 18.8 Å². The summed E-state index contributed by atoms with van der Waals surface area (Å²) in [6, 6.07) is 8.23. The van der Waals surface area contributed by atoms with Gasteiger partial charge in [0.2, 0.25) is 5.91 Å². The number of carbonyl (C=O) groups excluding carboxylic acids is 2. The monoisotopic (exact) mass is 361 g/mol. The fraction of sp³-hybridized carbons (Fsp3) is 0.471. The second-order valence-corrected chi connectivity index (χ2v) is 8.32. The first-order valence-corrected chi connectivity index (χ1v) is 10.1. The van der Waals surface area contributed by atoms with Crippen LogP contribution in [-0.4, -0.2) is 57.9 Å². The van der Waals surface area contributed by atoms with Crippen molar-refractivity contribution >= 4 is 44.5 Å². The molecule has 0 bridgehead atoms. The van der Waals surface area contributed by atoms with Crippen LogP contribution in [0, 0.1) is 0 Å². The number of thioether (sulfide) groups is 1. The van der Waals surface area contributed by atoms with Crippen molar-refractivity contribution in [3.8, 4) is 0 Å². The van der Waals surface area contributed by atoms with Gasteiger partial charge in [-0.25, -0.2) is 4.98 Å². The smallest absolute Gasteiger partial charge is 0.282 e. The summed E-state index contributed by atoms with van der Waals surface area (Å²) in [5.41, 5.74) is 1.07. The molecule has 0 spiro atoms. The van der Waals surface area contributed by atoms with E-state index >= 15 is 0 Å². The number of aromatic nitrogens is 1. The van der Waals surface area contributed by atoms with E-state index in [9.17, 15) is 9.59 Å². The summed E-state index contributed by atoms with van der Waals surface area (Å²) >= 11 is 3.07. The Balaban J connectivity index is 1.36. The molecule has 2 amide bonds. The van der Waals surface area contributed by atoms with E-state index in [1.807, 2.05) is 17.0 Å². The first kappa shape index (κ1) is 15.9. The van der Waals surface area contributed by atoms with Crippen molar-refractivity contribution < 1.29 is 9.59 Å². The fourth-order valence-corrected chi connectivity index (χ4v) is 5.23. The average Bonchev–Trinajstić information content (AvgIpc) is 3.21. The number of carbonyl (C=O) groups is 2. The van der Waals surface area contributed by atoms with Gasteiger partial charge in [-0.3, -0.25) is 9.59 Å². The molecule has 4 rings (SSSR count). The molecule has 0 radical (unpaired) electrons. The zero-order valence-corrected chi connectivity index (χ0v) is 14.9. The molecule has 5 nitrogen and oxygen atoms in total. The van der Waals surface area contributed by atoms with E-state index < -0.39 is 0 Å². The van der Waals surface area contributed by atoms with Crippen molar-refractivity contribution in [2.75, 3.05) is 31.9 Å². The number of rotatable bonds is 3. The molecule has 1 aromatic heterocycles. The van der Waals surface area contributed by atoms with Gasteiger partial charge in [0.1, 0.15) is 6.54 Å². The highest BCUT2D eigenvalue weighted by molar-refractivity contribution is 8.13. The third kappa shape index (κ3) is 3.15. The molecule has 2 aromatic rings. The highest BCUT2D eigenvalue weighted by Crippen LogP contribution is 2.33. The van der Waals surface area contributed by atoms with Crippen LogP contribution in [0.1, 0.15) is 23.8 Å². The Morgan fingerprint density at radius 2 is 2.00 bits per heavy atom. The van der Waals surface area contributed by atoms with Crippen LogP contribution >= 0.6 is 23.1 Å². The van der Waals surface area contributed by atoms with E-state index in [2.05, 4.69) is 12.1 Å². The van der Waals surface area contributed by atoms with E-state index in [4.69, 9.17) is 4.98 Å². The molecule has 0 aliphatic carbocycles. The average molecular weight is 361 g/mol. The van der Waals surface area contributed by atoms with Crippen molar-refractivity contribution in [1.82, 2.24) is 14.8 Å². The number of piperidine rings is 1. The number of nitrogens with zero attached hydrogens (tertiary/aromatic N) is 3. The Bertz CT molecular complexity index is 735. The Morgan fingerprint density at radius 1 is 1.21 bits per heavy atom. The molecule has 3 heterocycles. The molecule has 0 atom stereocenters. The van der Waals surface area contributed by atoms with E-state index in [1.54, 1.807) is 16.2 Å². The third-order valence-electron chi connectivity index (χ3n) is 4.68. The molecule has 126 valence electrons. The largest absolute Gasteiger partial charge is 0.341 e. The SMILES string of the molecule is O=C(CN1CCSC1=O)N1CCC(c2nc3ccccc3s2)CC1. The maximum absolute atomic E-state index is 12.4. The fourth-order valence-electron chi connectivity index (χ4n) is 3.27. The number of para-hydroxylation sites is 1. The first-order valence-electron chi connectivity index (χ1n) is 8.25. The Hall–Kier alpha value is -1.60. The zero-order valence-electron chi connectivity index (χ0n) is 13.3. The van der Waals surface area contributed by atoms with Gasteiger partial charge in [-0.15, -0.1) is 11.3 Å². The third-order valence-corrected chi connectivity index (χ3v) is 6.77. The van der Waals surface area contributed by atoms with E-state index in [0.29, 0.717) is 12.5 Å². The van der Waals surface area contributed by atoms with Crippen LogP contribution in [0.3, 0.4) is 0 Å². The van der Waals surface area contributed by atoms with Crippen LogP contribution in [0.25, 0.3) is 10.2 Å². The molecule has 2 saturated heterocycles. The molecular weight excluding hydrogens is 342 g/mol. The number of benzene rings is 1. The van der Waals surface area contributed by atoms with Crippen molar-refractivity contribution in [3.05, 3.63) is 29.3 Å². The molecule has 7 heteroatoms. The second-order valence-electron chi connectivity index (χ2n) is 6.21. The highest BCUT2D eigenvalue weighted by Gasteiger charge is 2.29. The number of amides is 2. The normalized spacial score (nSPS) is 19.4. The number of hydrogen-bond donors (Lipinski definition) is 0. The van der Waals surface area contributed by atoms with Crippen molar-refractivity contribution in [1.29, 1.82) is 0 Å². The lowest BCUT2D eigenvalue weighted by atomic mass is 9.97. The van der Waals surface area contributed by atoms with Crippen LogP contribution in [0.4, 0.5) is 4.79 Å². The predicted molar refractivity (Wildman–Crippen MR) is 97.6 cm³/mol. The maximum Gasteiger partial charge on any atom is 0.282 e. The number of hydrogen-bond acceptors (Lipinski definition) is 5. The van der Waals surface area contributed by atoms with Gasteiger partial charge in [-0.1, -0.05) is 23.9 Å². The lowest BCUT2D eigenvalue weighted by Crippen LogP contribution is -2.44. The number of thiazole rings is 1. The summed E-state index contributed by atoms with van der Waals surface area (Å²) in [5, 5.41) is 1.22. The topological polar surface area (TPSA) is 53.5 Å². The summed E-state index contributed by atoms with van der Waals surface area (Å²) in [7, 11) is 0.